The number of hydrogen-bond acceptors (Lipinski definition) is 8. The first-order valence-electron chi connectivity index (χ1n) is 9.65. The number of carbonyl (C=O) groups excluding carboxylic acids is 1. The largest absolute Gasteiger partial charge is 0.493 e. The molecule has 0 bridgehead atoms. The van der Waals surface area contributed by atoms with Crippen molar-refractivity contribution in [1.82, 2.24) is 20.0 Å². The van der Waals surface area contributed by atoms with Gasteiger partial charge in [0, 0.05) is 25.4 Å². The highest BCUT2D eigenvalue weighted by Gasteiger charge is 2.34. The molecule has 0 spiro atoms. The number of amides is 1. The van der Waals surface area contributed by atoms with Gasteiger partial charge in [-0.05, 0) is 35.9 Å². The quantitative estimate of drug-likeness (QED) is 0.536. The average molecular weight is 422 g/mol. The number of pyridine rings is 1. The first-order valence-corrected chi connectivity index (χ1v) is 9.65. The Morgan fingerprint density at radius 3 is 2.48 bits per heavy atom. The van der Waals surface area contributed by atoms with Crippen molar-refractivity contribution in [3.63, 3.8) is 0 Å². The van der Waals surface area contributed by atoms with Crippen LogP contribution in [0.15, 0.2) is 47.1 Å². The van der Waals surface area contributed by atoms with Crippen molar-refractivity contribution in [3.8, 4) is 28.8 Å². The van der Waals surface area contributed by atoms with Crippen molar-refractivity contribution in [2.75, 3.05) is 34.4 Å². The number of hydrogen-bond donors (Lipinski definition) is 0. The minimum Gasteiger partial charge on any atom is -0.493 e. The van der Waals surface area contributed by atoms with Gasteiger partial charge in [-0.1, -0.05) is 11.2 Å². The molecule has 1 aliphatic heterocycles. The summed E-state index contributed by atoms with van der Waals surface area (Å²) in [7, 11) is 4.64. The van der Waals surface area contributed by atoms with E-state index in [2.05, 4.69) is 15.1 Å². The van der Waals surface area contributed by atoms with Gasteiger partial charge in [0.15, 0.2) is 11.5 Å². The molecule has 9 heteroatoms. The van der Waals surface area contributed by atoms with Crippen LogP contribution in [0, 0.1) is 0 Å². The van der Waals surface area contributed by atoms with Crippen LogP contribution in [0.4, 0.5) is 0 Å². The van der Waals surface area contributed by atoms with Gasteiger partial charge in [-0.25, -0.2) is 0 Å². The zero-order valence-corrected chi connectivity index (χ0v) is 17.4. The Hall–Kier alpha value is -3.88. The molecule has 1 fully saturated rings. The molecule has 1 aromatic carbocycles. The van der Waals surface area contributed by atoms with Crippen molar-refractivity contribution in [3.05, 3.63) is 54.1 Å². The fourth-order valence-electron chi connectivity index (χ4n) is 3.29. The van der Waals surface area contributed by atoms with Crippen LogP contribution in [-0.4, -0.2) is 60.4 Å². The number of likely N-dealkylation sites (tertiary alicyclic amines) is 1. The second-order valence-corrected chi connectivity index (χ2v) is 6.90. The zero-order valence-electron chi connectivity index (χ0n) is 17.4. The summed E-state index contributed by atoms with van der Waals surface area (Å²) in [6, 6.07) is 9.07. The molecule has 4 rings (SSSR count). The summed E-state index contributed by atoms with van der Waals surface area (Å²) in [5, 5.41) is 3.98. The summed E-state index contributed by atoms with van der Waals surface area (Å²) in [5.41, 5.74) is 1.41. The molecule has 0 saturated carbocycles. The standard InChI is InChI=1S/C22H22N4O5/c1-28-17-10-14(11-18(29-2)20(17)30-3)7-8-19(27)26-12-15(13-26)22-24-21(25-31-22)16-6-4-5-9-23-16/h4-11,15H,12-13H2,1-3H3/b8-7+. The number of methoxy groups -OCH3 is 3. The van der Waals surface area contributed by atoms with Crippen molar-refractivity contribution >= 4 is 12.0 Å². The predicted octanol–water partition coefficient (Wildman–Crippen LogP) is 2.80. The molecule has 0 unspecified atom stereocenters. The van der Waals surface area contributed by atoms with Gasteiger partial charge < -0.3 is 23.6 Å². The molecule has 3 aromatic rings. The Morgan fingerprint density at radius 2 is 1.87 bits per heavy atom. The maximum atomic E-state index is 12.5. The Kier molecular flexibility index (Phi) is 5.83. The first-order chi connectivity index (χ1) is 15.1. The van der Waals surface area contributed by atoms with Gasteiger partial charge in [-0.3, -0.25) is 9.78 Å². The molecule has 31 heavy (non-hydrogen) atoms. The highest BCUT2D eigenvalue weighted by molar-refractivity contribution is 5.92. The highest BCUT2D eigenvalue weighted by Crippen LogP contribution is 2.38. The molecule has 1 amide bonds. The van der Waals surface area contributed by atoms with Crippen LogP contribution in [0.5, 0.6) is 17.2 Å². The third kappa shape index (κ3) is 4.20. The maximum absolute atomic E-state index is 12.5. The lowest BCUT2D eigenvalue weighted by Crippen LogP contribution is -2.47. The number of ether oxygens (including phenoxy) is 3. The van der Waals surface area contributed by atoms with Gasteiger partial charge in [0.2, 0.25) is 23.4 Å². The number of rotatable bonds is 7. The maximum Gasteiger partial charge on any atom is 0.246 e. The number of nitrogens with zero attached hydrogens (tertiary/aromatic N) is 4. The molecular weight excluding hydrogens is 400 g/mol. The Morgan fingerprint density at radius 1 is 1.13 bits per heavy atom. The van der Waals surface area contributed by atoms with Crippen molar-refractivity contribution in [2.24, 2.45) is 0 Å². The third-order valence-corrected chi connectivity index (χ3v) is 4.98. The number of benzene rings is 1. The fourth-order valence-corrected chi connectivity index (χ4v) is 3.29. The van der Waals surface area contributed by atoms with Gasteiger partial charge in [0.05, 0.1) is 27.2 Å². The molecule has 0 atom stereocenters. The van der Waals surface area contributed by atoms with E-state index >= 15 is 0 Å². The van der Waals surface area contributed by atoms with Crippen LogP contribution in [0.25, 0.3) is 17.6 Å². The van der Waals surface area contributed by atoms with E-state index in [1.165, 1.54) is 6.08 Å². The van der Waals surface area contributed by atoms with Crippen LogP contribution in [-0.2, 0) is 4.79 Å². The van der Waals surface area contributed by atoms with Crippen LogP contribution >= 0.6 is 0 Å². The lowest BCUT2D eigenvalue weighted by molar-refractivity contribution is -0.130. The van der Waals surface area contributed by atoms with Gasteiger partial charge in [0.1, 0.15) is 5.69 Å². The lowest BCUT2D eigenvalue weighted by atomic mass is 10.00. The van der Waals surface area contributed by atoms with E-state index in [0.29, 0.717) is 47.7 Å². The van der Waals surface area contributed by atoms with Crippen LogP contribution in [0.2, 0.25) is 0 Å². The summed E-state index contributed by atoms with van der Waals surface area (Å²) in [4.78, 5) is 22.8. The van der Waals surface area contributed by atoms with Gasteiger partial charge >= 0.3 is 0 Å². The third-order valence-electron chi connectivity index (χ3n) is 4.98. The minimum atomic E-state index is -0.102. The number of aromatic nitrogens is 3. The molecule has 0 aliphatic carbocycles. The predicted molar refractivity (Wildman–Crippen MR) is 112 cm³/mol. The van der Waals surface area contributed by atoms with E-state index in [4.69, 9.17) is 18.7 Å². The minimum absolute atomic E-state index is 0.0171. The Balaban J connectivity index is 1.38. The molecule has 160 valence electrons. The van der Waals surface area contributed by atoms with E-state index in [-0.39, 0.29) is 11.8 Å². The number of carbonyl (C=O) groups is 1. The van der Waals surface area contributed by atoms with E-state index in [1.54, 1.807) is 50.6 Å². The van der Waals surface area contributed by atoms with Gasteiger partial charge in [-0.2, -0.15) is 4.98 Å². The van der Waals surface area contributed by atoms with Crippen LogP contribution in [0.1, 0.15) is 17.4 Å². The summed E-state index contributed by atoms with van der Waals surface area (Å²) in [6.45, 7) is 1.03. The summed E-state index contributed by atoms with van der Waals surface area (Å²) in [6.07, 6.45) is 4.91. The van der Waals surface area contributed by atoms with Gasteiger partial charge in [0.25, 0.3) is 0 Å². The normalized spacial score (nSPS) is 13.8. The summed E-state index contributed by atoms with van der Waals surface area (Å²) < 4.78 is 21.4. The van der Waals surface area contributed by atoms with Gasteiger partial charge in [-0.15, -0.1) is 0 Å². The Labute approximate surface area is 179 Å². The van der Waals surface area contributed by atoms with E-state index in [9.17, 15) is 4.79 Å². The van der Waals surface area contributed by atoms with Crippen LogP contribution < -0.4 is 14.2 Å². The average Bonchev–Trinajstić information content (AvgIpc) is 3.26. The molecule has 9 nitrogen and oxygen atoms in total. The smallest absolute Gasteiger partial charge is 0.246 e. The topological polar surface area (TPSA) is 99.8 Å². The fraction of sp³-hybridized carbons (Fsp3) is 0.273. The SMILES string of the molecule is COc1cc(/C=C/C(=O)N2CC(c3nc(-c4ccccn4)no3)C2)cc(OC)c1OC. The molecule has 3 heterocycles. The molecule has 2 aromatic heterocycles. The summed E-state index contributed by atoms with van der Waals surface area (Å²) in [5.74, 6) is 2.43. The van der Waals surface area contributed by atoms with E-state index in [1.807, 2.05) is 18.2 Å². The molecule has 0 N–H and O–H groups in total. The highest BCUT2D eigenvalue weighted by atomic mass is 16.5. The van der Waals surface area contributed by atoms with Crippen molar-refractivity contribution in [2.45, 2.75) is 5.92 Å². The second kappa shape index (κ2) is 8.86. The Bertz CT molecular complexity index is 1070. The zero-order chi connectivity index (χ0) is 21.8. The lowest BCUT2D eigenvalue weighted by Gasteiger charge is -2.36. The monoisotopic (exact) mass is 422 g/mol. The van der Waals surface area contributed by atoms with E-state index < -0.39 is 0 Å². The van der Waals surface area contributed by atoms with Crippen LogP contribution in [0.3, 0.4) is 0 Å². The first kappa shape index (κ1) is 20.4. The molecular formula is C22H22N4O5. The summed E-state index contributed by atoms with van der Waals surface area (Å²) >= 11 is 0. The molecule has 0 radical (unpaired) electrons. The molecule has 1 aliphatic rings. The van der Waals surface area contributed by atoms with Crippen molar-refractivity contribution in [1.29, 1.82) is 0 Å². The van der Waals surface area contributed by atoms with Crippen molar-refractivity contribution < 1.29 is 23.5 Å². The van der Waals surface area contributed by atoms with E-state index in [0.717, 1.165) is 5.56 Å². The molecule has 1 saturated heterocycles. The second-order valence-electron chi connectivity index (χ2n) is 6.90.